The Morgan fingerprint density at radius 1 is 1.24 bits per heavy atom. The molecule has 5 heteroatoms. The van der Waals surface area contributed by atoms with Gasteiger partial charge in [0.05, 0.1) is 12.8 Å². The zero-order valence-electron chi connectivity index (χ0n) is 12.7. The van der Waals surface area contributed by atoms with Gasteiger partial charge in [-0.25, -0.2) is 0 Å². The second kappa shape index (κ2) is 8.71. The van der Waals surface area contributed by atoms with Crippen LogP contribution in [0.4, 0.5) is 0 Å². The van der Waals surface area contributed by atoms with Gasteiger partial charge >= 0.3 is 0 Å². The van der Waals surface area contributed by atoms with E-state index < -0.39 is 0 Å². The van der Waals surface area contributed by atoms with Gasteiger partial charge in [-0.05, 0) is 24.6 Å². The number of aliphatic imine (C=N–C) groups is 1. The van der Waals surface area contributed by atoms with Crippen LogP contribution >= 0.6 is 24.0 Å². The van der Waals surface area contributed by atoms with Gasteiger partial charge in [-0.3, -0.25) is 4.99 Å². The normalized spacial score (nSPS) is 10.9. The minimum Gasteiger partial charge on any atom is -0.467 e. The molecule has 0 aliphatic carbocycles. The van der Waals surface area contributed by atoms with Crippen molar-refractivity contribution in [1.82, 2.24) is 10.2 Å². The van der Waals surface area contributed by atoms with Crippen LogP contribution in [-0.4, -0.2) is 25.0 Å². The fraction of sp³-hybridized carbons (Fsp3) is 0.312. The first-order valence-electron chi connectivity index (χ1n) is 6.69. The van der Waals surface area contributed by atoms with Crippen molar-refractivity contribution in [2.75, 3.05) is 14.1 Å². The van der Waals surface area contributed by atoms with Crippen LogP contribution in [0.25, 0.3) is 0 Å². The molecule has 1 aromatic heterocycles. The topological polar surface area (TPSA) is 40.8 Å². The lowest BCUT2D eigenvalue weighted by molar-refractivity contribution is 0.459. The van der Waals surface area contributed by atoms with E-state index in [1.165, 1.54) is 11.1 Å². The lowest BCUT2D eigenvalue weighted by atomic mass is 10.1. The number of benzene rings is 1. The molecule has 1 heterocycles. The molecule has 1 aromatic carbocycles. The number of furan rings is 1. The number of hydrogen-bond donors (Lipinski definition) is 1. The van der Waals surface area contributed by atoms with Crippen molar-refractivity contribution < 1.29 is 4.42 Å². The van der Waals surface area contributed by atoms with Crippen molar-refractivity contribution in [2.45, 2.75) is 20.0 Å². The van der Waals surface area contributed by atoms with Gasteiger partial charge in [-0.15, -0.1) is 24.0 Å². The Bertz CT molecular complexity index is 549. The van der Waals surface area contributed by atoms with Crippen molar-refractivity contribution in [3.05, 3.63) is 59.5 Å². The molecule has 4 nitrogen and oxygen atoms in total. The van der Waals surface area contributed by atoms with E-state index in [0.717, 1.165) is 18.3 Å². The maximum atomic E-state index is 5.30. The first-order valence-corrected chi connectivity index (χ1v) is 6.69. The van der Waals surface area contributed by atoms with E-state index in [0.29, 0.717) is 6.54 Å². The fourth-order valence-electron chi connectivity index (χ4n) is 2.01. The lowest BCUT2D eigenvalue weighted by Crippen LogP contribution is -2.37. The molecule has 0 amide bonds. The number of hydrogen-bond acceptors (Lipinski definition) is 2. The lowest BCUT2D eigenvalue weighted by Gasteiger charge is -2.21. The maximum Gasteiger partial charge on any atom is 0.194 e. The highest BCUT2D eigenvalue weighted by atomic mass is 127. The molecule has 2 aromatic rings. The van der Waals surface area contributed by atoms with Gasteiger partial charge in [-0.1, -0.05) is 29.8 Å². The summed E-state index contributed by atoms with van der Waals surface area (Å²) in [5.74, 6) is 1.75. The third-order valence-corrected chi connectivity index (χ3v) is 3.11. The molecule has 0 atom stereocenters. The Morgan fingerprint density at radius 2 is 1.95 bits per heavy atom. The minimum atomic E-state index is 0. The second-order valence-corrected chi connectivity index (χ2v) is 4.82. The number of rotatable bonds is 4. The number of guanidine groups is 1. The van der Waals surface area contributed by atoms with Crippen molar-refractivity contribution in [2.24, 2.45) is 4.99 Å². The Balaban J connectivity index is 0.00000220. The monoisotopic (exact) mass is 399 g/mol. The number of nitrogens with zero attached hydrogens (tertiary/aromatic N) is 2. The molecule has 0 radical (unpaired) electrons. The SMILES string of the molecule is CN=C(NCc1ccco1)N(C)Cc1ccc(C)cc1.I. The molecule has 0 saturated heterocycles. The summed E-state index contributed by atoms with van der Waals surface area (Å²) in [4.78, 5) is 6.38. The Labute approximate surface area is 143 Å². The first-order chi connectivity index (χ1) is 9.69. The van der Waals surface area contributed by atoms with E-state index >= 15 is 0 Å². The number of nitrogens with one attached hydrogen (secondary N) is 1. The van der Waals surface area contributed by atoms with Gasteiger partial charge in [0.1, 0.15) is 5.76 Å². The van der Waals surface area contributed by atoms with Crippen molar-refractivity contribution in [1.29, 1.82) is 0 Å². The van der Waals surface area contributed by atoms with Crippen LogP contribution in [0.5, 0.6) is 0 Å². The molecule has 114 valence electrons. The highest BCUT2D eigenvalue weighted by molar-refractivity contribution is 14.0. The largest absolute Gasteiger partial charge is 0.467 e. The van der Waals surface area contributed by atoms with Gasteiger partial charge < -0.3 is 14.6 Å². The second-order valence-electron chi connectivity index (χ2n) is 4.82. The molecule has 0 aliphatic heterocycles. The van der Waals surface area contributed by atoms with E-state index in [4.69, 9.17) is 4.42 Å². The molecule has 2 rings (SSSR count). The molecule has 0 saturated carbocycles. The van der Waals surface area contributed by atoms with Gasteiger partial charge in [0, 0.05) is 20.6 Å². The molecule has 0 spiro atoms. The third kappa shape index (κ3) is 5.41. The predicted molar refractivity (Wildman–Crippen MR) is 97.0 cm³/mol. The molecular formula is C16H22IN3O. The average Bonchev–Trinajstić information content (AvgIpc) is 2.95. The third-order valence-electron chi connectivity index (χ3n) is 3.11. The van der Waals surface area contributed by atoms with Crippen LogP contribution in [-0.2, 0) is 13.1 Å². The van der Waals surface area contributed by atoms with Gasteiger partial charge in [-0.2, -0.15) is 0 Å². The van der Waals surface area contributed by atoms with Crippen LogP contribution in [0.3, 0.4) is 0 Å². The molecule has 0 bridgehead atoms. The van der Waals surface area contributed by atoms with E-state index in [1.807, 2.05) is 19.2 Å². The van der Waals surface area contributed by atoms with Crippen LogP contribution in [0.1, 0.15) is 16.9 Å². The Hall–Kier alpha value is -1.50. The molecule has 0 aliphatic rings. The summed E-state index contributed by atoms with van der Waals surface area (Å²) in [6, 6.07) is 12.4. The van der Waals surface area contributed by atoms with Crippen LogP contribution in [0.15, 0.2) is 52.1 Å². The van der Waals surface area contributed by atoms with Gasteiger partial charge in [0.25, 0.3) is 0 Å². The summed E-state index contributed by atoms with van der Waals surface area (Å²) in [5.41, 5.74) is 2.54. The Kier molecular flexibility index (Phi) is 7.28. The first kappa shape index (κ1) is 17.6. The van der Waals surface area contributed by atoms with Crippen LogP contribution < -0.4 is 5.32 Å². The maximum absolute atomic E-state index is 5.30. The predicted octanol–water partition coefficient (Wildman–Crippen LogP) is 3.41. The molecular weight excluding hydrogens is 377 g/mol. The average molecular weight is 399 g/mol. The minimum absolute atomic E-state index is 0. The number of aryl methyl sites for hydroxylation is 1. The van der Waals surface area contributed by atoms with E-state index in [2.05, 4.69) is 46.4 Å². The molecule has 21 heavy (non-hydrogen) atoms. The van der Waals surface area contributed by atoms with Crippen LogP contribution in [0.2, 0.25) is 0 Å². The summed E-state index contributed by atoms with van der Waals surface area (Å²) in [7, 11) is 3.81. The summed E-state index contributed by atoms with van der Waals surface area (Å²) in [6.45, 7) is 3.55. The highest BCUT2D eigenvalue weighted by Gasteiger charge is 2.07. The molecule has 0 unspecified atom stereocenters. The Morgan fingerprint density at radius 3 is 2.52 bits per heavy atom. The van der Waals surface area contributed by atoms with Crippen molar-refractivity contribution in [3.63, 3.8) is 0 Å². The van der Waals surface area contributed by atoms with Crippen molar-refractivity contribution in [3.8, 4) is 0 Å². The van der Waals surface area contributed by atoms with Gasteiger partial charge in [0.15, 0.2) is 5.96 Å². The standard InChI is InChI=1S/C16H21N3O.HI/c1-13-6-8-14(9-7-13)12-19(3)16(17-2)18-11-15-5-4-10-20-15;/h4-10H,11-12H2,1-3H3,(H,17,18);1H. The summed E-state index contributed by atoms with van der Waals surface area (Å²) in [5, 5.41) is 3.29. The summed E-state index contributed by atoms with van der Waals surface area (Å²) >= 11 is 0. The highest BCUT2D eigenvalue weighted by Crippen LogP contribution is 2.06. The zero-order chi connectivity index (χ0) is 14.4. The smallest absolute Gasteiger partial charge is 0.194 e. The van der Waals surface area contributed by atoms with Gasteiger partial charge in [0.2, 0.25) is 0 Å². The van der Waals surface area contributed by atoms with E-state index in [9.17, 15) is 0 Å². The van der Waals surface area contributed by atoms with Crippen LogP contribution in [0, 0.1) is 6.92 Å². The van der Waals surface area contributed by atoms with Crippen molar-refractivity contribution >= 4 is 29.9 Å². The van der Waals surface area contributed by atoms with E-state index in [1.54, 1.807) is 13.3 Å². The molecule has 0 fully saturated rings. The number of halogens is 1. The zero-order valence-corrected chi connectivity index (χ0v) is 15.0. The fourth-order valence-corrected chi connectivity index (χ4v) is 2.01. The summed E-state index contributed by atoms with van der Waals surface area (Å²) in [6.07, 6.45) is 1.68. The van der Waals surface area contributed by atoms with E-state index in [-0.39, 0.29) is 24.0 Å². The molecule has 1 N–H and O–H groups in total. The summed E-state index contributed by atoms with van der Waals surface area (Å²) < 4.78 is 5.30. The quantitative estimate of drug-likeness (QED) is 0.487.